The molecule has 5 aliphatic rings. The predicted octanol–water partition coefficient (Wildman–Crippen LogP) is 4.38. The molecule has 0 aromatic carbocycles. The third kappa shape index (κ3) is 2.96. The van der Waals surface area contributed by atoms with Crippen LogP contribution in [0.25, 0.3) is 0 Å². The zero-order valence-electron chi connectivity index (χ0n) is 20.0. The number of rotatable bonds is 3. The maximum Gasteiger partial charge on any atom is 0.336 e. The summed E-state index contributed by atoms with van der Waals surface area (Å²) in [6.45, 7) is 9.21. The first kappa shape index (κ1) is 22.3. The van der Waals surface area contributed by atoms with Crippen molar-refractivity contribution in [3.63, 3.8) is 0 Å². The van der Waals surface area contributed by atoms with Crippen molar-refractivity contribution in [2.75, 3.05) is 13.2 Å². The van der Waals surface area contributed by atoms with Gasteiger partial charge in [0, 0.05) is 6.42 Å². The summed E-state index contributed by atoms with van der Waals surface area (Å²) in [5.41, 5.74) is 0.763. The van der Waals surface area contributed by atoms with E-state index in [1.807, 2.05) is 13.0 Å². The van der Waals surface area contributed by atoms with Gasteiger partial charge in [0.15, 0.2) is 5.78 Å². The first-order chi connectivity index (χ1) is 15.1. The molecule has 3 fully saturated rings. The van der Waals surface area contributed by atoms with E-state index in [0.717, 1.165) is 50.7 Å². The van der Waals surface area contributed by atoms with Crippen molar-refractivity contribution in [1.29, 1.82) is 0 Å². The number of cyclic esters (lactones) is 1. The Labute approximate surface area is 191 Å². The fourth-order valence-corrected chi connectivity index (χ4v) is 8.38. The summed E-state index contributed by atoms with van der Waals surface area (Å²) in [5, 5.41) is 9.45. The van der Waals surface area contributed by atoms with Gasteiger partial charge in [-0.15, -0.1) is 0 Å². The number of allylic oxidation sites excluding steroid dienone is 1. The Kier molecular flexibility index (Phi) is 5.25. The second-order valence-electron chi connectivity index (χ2n) is 11.8. The van der Waals surface area contributed by atoms with Crippen molar-refractivity contribution in [1.82, 2.24) is 0 Å². The number of hydrogen-bond donors (Lipinski definition) is 1. The Balaban J connectivity index is 1.36. The van der Waals surface area contributed by atoms with Crippen molar-refractivity contribution in [2.24, 2.45) is 34.5 Å². The van der Waals surface area contributed by atoms with E-state index in [1.54, 1.807) is 6.08 Å². The summed E-state index contributed by atoms with van der Waals surface area (Å²) < 4.78 is 12.3. The molecule has 5 rings (SSSR count). The van der Waals surface area contributed by atoms with Crippen molar-refractivity contribution >= 4 is 11.8 Å². The first-order valence-corrected chi connectivity index (χ1v) is 12.5. The number of esters is 1. The third-order valence-corrected chi connectivity index (χ3v) is 10.6. The van der Waals surface area contributed by atoms with E-state index >= 15 is 0 Å². The molecule has 0 radical (unpaired) electrons. The lowest BCUT2D eigenvalue weighted by Gasteiger charge is -2.62. The summed E-state index contributed by atoms with van der Waals surface area (Å²) >= 11 is 0. The van der Waals surface area contributed by atoms with E-state index in [2.05, 4.69) is 20.8 Å². The molecule has 0 spiro atoms. The molecular weight excluding hydrogens is 404 g/mol. The number of aliphatic hydroxyl groups excluding tert-OH is 1. The molecule has 2 saturated carbocycles. The SMILES string of the molecule is CC1=C(CO)C(=O)OC(CC2CCC3C4COC5(C)CC=CC(=O)C5(C)C4CCC23C)C1. The van der Waals surface area contributed by atoms with E-state index in [9.17, 15) is 14.7 Å². The standard InChI is InChI=1S/C27H38O5/c1-16-12-18(32-24(30)19(16)14-28)13-17-7-8-21-20-15-31-26(3)10-5-6-23(29)27(26,4)22(20)9-11-25(17,21)2/h5-6,17-18,20-22,28H,7-15H2,1-4H3. The Morgan fingerprint density at radius 1 is 1.12 bits per heavy atom. The Hall–Kier alpha value is -1.46. The summed E-state index contributed by atoms with van der Waals surface area (Å²) in [4.78, 5) is 25.5. The molecule has 0 amide bonds. The zero-order chi connectivity index (χ0) is 22.9. The van der Waals surface area contributed by atoms with E-state index in [1.165, 1.54) is 6.42 Å². The molecule has 2 aliphatic heterocycles. The highest BCUT2D eigenvalue weighted by atomic mass is 16.5. The average Bonchev–Trinajstić information content (AvgIpc) is 3.06. The van der Waals surface area contributed by atoms with Gasteiger partial charge in [0.2, 0.25) is 0 Å². The lowest BCUT2D eigenvalue weighted by Crippen LogP contribution is -2.65. The van der Waals surface area contributed by atoms with Gasteiger partial charge in [-0.3, -0.25) is 4.79 Å². The molecule has 1 N–H and O–H groups in total. The average molecular weight is 443 g/mol. The van der Waals surface area contributed by atoms with Crippen LogP contribution in [-0.4, -0.2) is 41.8 Å². The second kappa shape index (κ2) is 7.53. The van der Waals surface area contributed by atoms with Crippen LogP contribution in [0.3, 0.4) is 0 Å². The van der Waals surface area contributed by atoms with Gasteiger partial charge < -0.3 is 14.6 Å². The highest BCUT2D eigenvalue weighted by Crippen LogP contribution is 2.66. The number of aliphatic hydroxyl groups is 1. The van der Waals surface area contributed by atoms with Crippen LogP contribution in [0.2, 0.25) is 0 Å². The summed E-state index contributed by atoms with van der Waals surface area (Å²) in [5.74, 6) is 1.76. The lowest BCUT2D eigenvalue weighted by atomic mass is 9.47. The summed E-state index contributed by atoms with van der Waals surface area (Å²) in [6.07, 6.45) is 10.7. The molecule has 1 saturated heterocycles. The normalized spacial score (nSPS) is 48.2. The molecule has 2 heterocycles. The Morgan fingerprint density at radius 2 is 1.91 bits per heavy atom. The maximum atomic E-state index is 13.2. The number of carbonyl (C=O) groups is 2. The molecule has 176 valence electrons. The van der Waals surface area contributed by atoms with Gasteiger partial charge in [0.1, 0.15) is 6.10 Å². The topological polar surface area (TPSA) is 72.8 Å². The Morgan fingerprint density at radius 3 is 2.62 bits per heavy atom. The highest BCUT2D eigenvalue weighted by molar-refractivity contribution is 5.97. The van der Waals surface area contributed by atoms with E-state index < -0.39 is 11.0 Å². The predicted molar refractivity (Wildman–Crippen MR) is 121 cm³/mol. The fraction of sp³-hybridized carbons (Fsp3) is 0.778. The minimum absolute atomic E-state index is 0.0930. The molecule has 32 heavy (non-hydrogen) atoms. The van der Waals surface area contributed by atoms with Crippen LogP contribution in [0.5, 0.6) is 0 Å². The van der Waals surface area contributed by atoms with Crippen molar-refractivity contribution in [3.05, 3.63) is 23.3 Å². The summed E-state index contributed by atoms with van der Waals surface area (Å²) in [7, 11) is 0. The minimum atomic E-state index is -0.439. The molecule has 5 nitrogen and oxygen atoms in total. The van der Waals surface area contributed by atoms with Gasteiger partial charge in [0.05, 0.1) is 29.8 Å². The van der Waals surface area contributed by atoms with Crippen molar-refractivity contribution in [3.8, 4) is 0 Å². The third-order valence-electron chi connectivity index (χ3n) is 10.6. The lowest BCUT2D eigenvalue weighted by molar-refractivity contribution is -0.229. The molecule has 5 heteroatoms. The molecular formula is C27H38O5. The van der Waals surface area contributed by atoms with E-state index in [0.29, 0.717) is 29.2 Å². The van der Waals surface area contributed by atoms with Gasteiger partial charge in [-0.05, 0) is 94.5 Å². The molecule has 3 aliphatic carbocycles. The van der Waals surface area contributed by atoms with Gasteiger partial charge in [0.25, 0.3) is 0 Å². The quantitative estimate of drug-likeness (QED) is 0.657. The van der Waals surface area contributed by atoms with E-state index in [-0.39, 0.29) is 29.9 Å². The maximum absolute atomic E-state index is 13.2. The monoisotopic (exact) mass is 442 g/mol. The number of hydrogen-bond acceptors (Lipinski definition) is 5. The first-order valence-electron chi connectivity index (χ1n) is 12.5. The number of fused-ring (bicyclic) bond motifs is 5. The number of ketones is 1. The van der Waals surface area contributed by atoms with Crippen molar-refractivity contribution in [2.45, 2.75) is 84.3 Å². The zero-order valence-corrected chi connectivity index (χ0v) is 20.0. The fourth-order valence-electron chi connectivity index (χ4n) is 8.38. The van der Waals surface area contributed by atoms with Crippen molar-refractivity contribution < 1.29 is 24.2 Å². The van der Waals surface area contributed by atoms with Gasteiger partial charge in [-0.25, -0.2) is 4.79 Å². The van der Waals surface area contributed by atoms with Crippen LogP contribution < -0.4 is 0 Å². The number of carbonyl (C=O) groups excluding carboxylic acids is 2. The molecule has 8 atom stereocenters. The van der Waals surface area contributed by atoms with Gasteiger partial charge >= 0.3 is 5.97 Å². The summed E-state index contributed by atoms with van der Waals surface area (Å²) in [6, 6.07) is 0. The highest BCUT2D eigenvalue weighted by Gasteiger charge is 2.65. The smallest absolute Gasteiger partial charge is 0.336 e. The molecule has 0 bridgehead atoms. The van der Waals surface area contributed by atoms with Crippen LogP contribution >= 0.6 is 0 Å². The Bertz CT molecular complexity index is 888. The molecule has 0 aromatic heterocycles. The van der Waals surface area contributed by atoms with Crippen LogP contribution in [0.4, 0.5) is 0 Å². The van der Waals surface area contributed by atoms with Crippen LogP contribution in [0.1, 0.15) is 72.6 Å². The van der Waals surface area contributed by atoms with E-state index in [4.69, 9.17) is 9.47 Å². The largest absolute Gasteiger partial charge is 0.459 e. The minimum Gasteiger partial charge on any atom is -0.459 e. The van der Waals surface area contributed by atoms with Crippen LogP contribution in [-0.2, 0) is 19.1 Å². The molecule has 8 unspecified atom stereocenters. The second-order valence-corrected chi connectivity index (χ2v) is 11.8. The van der Waals surface area contributed by atoms with Gasteiger partial charge in [-0.2, -0.15) is 0 Å². The molecule has 0 aromatic rings. The van der Waals surface area contributed by atoms with Crippen LogP contribution in [0.15, 0.2) is 23.3 Å². The van der Waals surface area contributed by atoms with Crippen LogP contribution in [0, 0.1) is 34.5 Å². The van der Waals surface area contributed by atoms with Gasteiger partial charge in [-0.1, -0.05) is 18.6 Å². The number of ether oxygens (including phenoxy) is 2.